The second kappa shape index (κ2) is 9.06. The Hall–Kier alpha value is -3.92. The number of morpholine rings is 1. The van der Waals surface area contributed by atoms with Crippen LogP contribution in [0.1, 0.15) is 10.5 Å². The minimum atomic E-state index is -0.505. The van der Waals surface area contributed by atoms with Gasteiger partial charge in [-0.1, -0.05) is 12.1 Å². The Kier molecular flexibility index (Phi) is 6.04. The highest BCUT2D eigenvalue weighted by molar-refractivity contribution is 6.02. The van der Waals surface area contributed by atoms with Gasteiger partial charge < -0.3 is 24.8 Å². The molecule has 0 spiro atoms. The number of aromatic amines is 1. The van der Waals surface area contributed by atoms with Gasteiger partial charge in [0, 0.05) is 43.0 Å². The molecule has 0 atom stereocenters. The molecule has 0 aliphatic carbocycles. The molecule has 0 bridgehead atoms. The number of para-hydroxylation sites is 1. The predicted octanol–water partition coefficient (Wildman–Crippen LogP) is 2.62. The van der Waals surface area contributed by atoms with E-state index in [4.69, 9.17) is 4.74 Å². The van der Waals surface area contributed by atoms with Crippen molar-refractivity contribution in [3.63, 3.8) is 0 Å². The minimum absolute atomic E-state index is 0.109. The van der Waals surface area contributed by atoms with E-state index >= 15 is 0 Å². The summed E-state index contributed by atoms with van der Waals surface area (Å²) in [6, 6.07) is 13.7. The van der Waals surface area contributed by atoms with Crippen molar-refractivity contribution in [3.05, 3.63) is 64.3 Å². The monoisotopic (exact) mass is 437 g/mol. The fraction of sp³-hybridized carbons (Fsp3) is 0.273. The third-order valence-corrected chi connectivity index (χ3v) is 5.32. The summed E-state index contributed by atoms with van der Waals surface area (Å²) in [6.07, 6.45) is 0. The molecule has 0 saturated carbocycles. The number of aromatic nitrogens is 1. The van der Waals surface area contributed by atoms with Crippen molar-refractivity contribution < 1.29 is 19.2 Å². The van der Waals surface area contributed by atoms with Crippen LogP contribution in [0.25, 0.3) is 10.9 Å². The predicted molar refractivity (Wildman–Crippen MR) is 120 cm³/mol. The fourth-order valence-corrected chi connectivity index (χ4v) is 3.68. The molecule has 1 aliphatic heterocycles. The Morgan fingerprint density at radius 2 is 1.91 bits per heavy atom. The SMILES string of the molecule is CN(CC(=O)Nc1ccc(N2CCOCC2)cc1)C(=O)c1cc2cccc([N+](=O)[O-])c2[nH]1. The molecule has 0 radical (unpaired) electrons. The molecular formula is C22H23N5O5. The summed E-state index contributed by atoms with van der Waals surface area (Å²) in [4.78, 5) is 42.1. The van der Waals surface area contributed by atoms with Gasteiger partial charge in [-0.25, -0.2) is 0 Å². The van der Waals surface area contributed by atoms with Crippen molar-refractivity contribution in [3.8, 4) is 0 Å². The fourth-order valence-electron chi connectivity index (χ4n) is 3.68. The Labute approximate surface area is 183 Å². The summed E-state index contributed by atoms with van der Waals surface area (Å²) in [5.74, 6) is -0.782. The number of likely N-dealkylation sites (N-methyl/N-ethyl adjacent to an activating group) is 1. The molecule has 1 saturated heterocycles. The Morgan fingerprint density at radius 3 is 2.59 bits per heavy atom. The lowest BCUT2D eigenvalue weighted by molar-refractivity contribution is -0.383. The molecule has 3 aromatic rings. The van der Waals surface area contributed by atoms with E-state index in [0.717, 1.165) is 18.8 Å². The maximum absolute atomic E-state index is 12.7. The second-order valence-electron chi connectivity index (χ2n) is 7.54. The Balaban J connectivity index is 1.38. The molecule has 4 rings (SSSR count). The van der Waals surface area contributed by atoms with Gasteiger partial charge in [0.15, 0.2) is 0 Å². The molecule has 1 fully saturated rings. The highest BCUT2D eigenvalue weighted by atomic mass is 16.6. The van der Waals surface area contributed by atoms with Crippen LogP contribution in [0.15, 0.2) is 48.5 Å². The largest absolute Gasteiger partial charge is 0.378 e. The third kappa shape index (κ3) is 4.54. The van der Waals surface area contributed by atoms with E-state index in [1.807, 2.05) is 24.3 Å². The van der Waals surface area contributed by atoms with Gasteiger partial charge in [0.25, 0.3) is 11.6 Å². The van der Waals surface area contributed by atoms with Crippen LogP contribution in [0.4, 0.5) is 17.1 Å². The molecular weight excluding hydrogens is 414 g/mol. The number of anilines is 2. The van der Waals surface area contributed by atoms with E-state index in [-0.39, 0.29) is 29.3 Å². The van der Waals surface area contributed by atoms with Crippen molar-refractivity contribution >= 4 is 39.8 Å². The third-order valence-electron chi connectivity index (χ3n) is 5.32. The maximum atomic E-state index is 12.7. The molecule has 1 aromatic heterocycles. The molecule has 0 unspecified atom stereocenters. The lowest BCUT2D eigenvalue weighted by Crippen LogP contribution is -2.36. The normalized spacial score (nSPS) is 13.7. The molecule has 32 heavy (non-hydrogen) atoms. The number of carbonyl (C=O) groups is 2. The summed E-state index contributed by atoms with van der Waals surface area (Å²) < 4.78 is 5.36. The number of nitrogens with one attached hydrogen (secondary N) is 2. The van der Waals surface area contributed by atoms with Crippen molar-refractivity contribution in [1.82, 2.24) is 9.88 Å². The highest BCUT2D eigenvalue weighted by Gasteiger charge is 2.20. The van der Waals surface area contributed by atoms with Crippen molar-refractivity contribution in [2.75, 3.05) is 50.1 Å². The maximum Gasteiger partial charge on any atom is 0.293 e. The van der Waals surface area contributed by atoms with E-state index in [0.29, 0.717) is 24.3 Å². The average molecular weight is 437 g/mol. The minimum Gasteiger partial charge on any atom is -0.378 e. The first-order valence-corrected chi connectivity index (χ1v) is 10.2. The van der Waals surface area contributed by atoms with Gasteiger partial charge in [-0.2, -0.15) is 0 Å². The smallest absolute Gasteiger partial charge is 0.293 e. The molecule has 2 aromatic carbocycles. The molecule has 2 heterocycles. The number of hydrogen-bond acceptors (Lipinski definition) is 6. The topological polar surface area (TPSA) is 121 Å². The number of nitro groups is 1. The van der Waals surface area contributed by atoms with Crippen LogP contribution < -0.4 is 10.2 Å². The molecule has 166 valence electrons. The first-order chi connectivity index (χ1) is 15.4. The number of fused-ring (bicyclic) bond motifs is 1. The van der Waals surface area contributed by atoms with Gasteiger partial charge in [-0.3, -0.25) is 19.7 Å². The van der Waals surface area contributed by atoms with Gasteiger partial charge in [-0.05, 0) is 30.3 Å². The van der Waals surface area contributed by atoms with E-state index in [9.17, 15) is 19.7 Å². The first-order valence-electron chi connectivity index (χ1n) is 10.2. The number of non-ortho nitro benzene ring substituents is 1. The van der Waals surface area contributed by atoms with Gasteiger partial charge >= 0.3 is 0 Å². The zero-order valence-electron chi connectivity index (χ0n) is 17.5. The van der Waals surface area contributed by atoms with Crippen molar-refractivity contribution in [2.24, 2.45) is 0 Å². The van der Waals surface area contributed by atoms with Gasteiger partial charge in [-0.15, -0.1) is 0 Å². The lowest BCUT2D eigenvalue weighted by atomic mass is 10.2. The summed E-state index contributed by atoms with van der Waals surface area (Å²) in [5.41, 5.74) is 2.04. The Morgan fingerprint density at radius 1 is 1.19 bits per heavy atom. The van der Waals surface area contributed by atoms with Crippen molar-refractivity contribution in [2.45, 2.75) is 0 Å². The number of benzene rings is 2. The average Bonchev–Trinajstić information content (AvgIpc) is 3.23. The van der Waals surface area contributed by atoms with Gasteiger partial charge in [0.2, 0.25) is 5.91 Å². The first kappa shape index (κ1) is 21.3. The van der Waals surface area contributed by atoms with Gasteiger partial charge in [0.05, 0.1) is 24.7 Å². The van der Waals surface area contributed by atoms with Crippen LogP contribution in [0.5, 0.6) is 0 Å². The number of amides is 2. The molecule has 1 aliphatic rings. The van der Waals surface area contributed by atoms with E-state index in [2.05, 4.69) is 15.2 Å². The molecule has 2 amide bonds. The van der Waals surface area contributed by atoms with E-state index in [1.165, 1.54) is 18.0 Å². The highest BCUT2D eigenvalue weighted by Crippen LogP contribution is 2.26. The van der Waals surface area contributed by atoms with Crippen molar-refractivity contribution in [1.29, 1.82) is 0 Å². The number of carbonyl (C=O) groups excluding carboxylic acids is 2. The molecule has 2 N–H and O–H groups in total. The zero-order chi connectivity index (χ0) is 22.7. The van der Waals surface area contributed by atoms with Crippen LogP contribution in [0, 0.1) is 10.1 Å². The van der Waals surface area contributed by atoms with Crippen LogP contribution in [0.2, 0.25) is 0 Å². The number of H-pyrrole nitrogens is 1. The molecule has 10 nitrogen and oxygen atoms in total. The molecule has 10 heteroatoms. The quantitative estimate of drug-likeness (QED) is 0.452. The van der Waals surface area contributed by atoms with Crippen LogP contribution in [-0.4, -0.2) is 66.5 Å². The van der Waals surface area contributed by atoms with Crippen LogP contribution in [0.3, 0.4) is 0 Å². The zero-order valence-corrected chi connectivity index (χ0v) is 17.5. The van der Waals surface area contributed by atoms with Gasteiger partial charge in [0.1, 0.15) is 11.2 Å². The standard InChI is InChI=1S/C22H23N5O5/c1-25(22(29)18-13-15-3-2-4-19(27(30)31)21(15)24-18)14-20(28)23-16-5-7-17(8-6-16)26-9-11-32-12-10-26/h2-8,13,24H,9-12,14H2,1H3,(H,23,28). The lowest BCUT2D eigenvalue weighted by Gasteiger charge is -2.28. The number of nitrogens with zero attached hydrogens (tertiary/aromatic N) is 3. The second-order valence-corrected chi connectivity index (χ2v) is 7.54. The number of rotatable bonds is 6. The van der Waals surface area contributed by atoms with E-state index in [1.54, 1.807) is 18.2 Å². The summed E-state index contributed by atoms with van der Waals surface area (Å²) in [5, 5.41) is 14.5. The van der Waals surface area contributed by atoms with Crippen LogP contribution in [-0.2, 0) is 9.53 Å². The summed E-state index contributed by atoms with van der Waals surface area (Å²) in [7, 11) is 1.50. The number of ether oxygens (including phenoxy) is 1. The van der Waals surface area contributed by atoms with E-state index < -0.39 is 10.8 Å². The number of hydrogen-bond donors (Lipinski definition) is 2. The van der Waals surface area contributed by atoms with Crippen LogP contribution >= 0.6 is 0 Å². The Bertz CT molecular complexity index is 1150. The number of nitro benzene ring substituents is 1. The summed E-state index contributed by atoms with van der Waals surface area (Å²) in [6.45, 7) is 2.89. The summed E-state index contributed by atoms with van der Waals surface area (Å²) >= 11 is 0.